The number of hydrogen-bond donors (Lipinski definition) is 2. The summed E-state index contributed by atoms with van der Waals surface area (Å²) in [5.74, 6) is -1.32. The Balaban J connectivity index is 0.00000306. The molecule has 4 rings (SSSR count). The fourth-order valence-electron chi connectivity index (χ4n) is 4.01. The molecule has 33 heavy (non-hydrogen) atoms. The monoisotopic (exact) mass is 485 g/mol. The number of aliphatic imine (C=N–C) groups is 1. The highest BCUT2D eigenvalue weighted by atomic mass is 32.2. The Morgan fingerprint density at radius 2 is 2.12 bits per heavy atom. The largest absolute Gasteiger partial charge is 0.379 e. The van der Waals surface area contributed by atoms with Gasteiger partial charge in [-0.15, -0.1) is 0 Å². The van der Waals surface area contributed by atoms with E-state index >= 15 is 4.39 Å². The summed E-state index contributed by atoms with van der Waals surface area (Å²) in [5.41, 5.74) is 4.48. The van der Waals surface area contributed by atoms with Gasteiger partial charge in [0, 0.05) is 35.9 Å². The number of nitrogens with zero attached hydrogens (tertiary/aromatic N) is 3. The van der Waals surface area contributed by atoms with Crippen molar-refractivity contribution < 1.29 is 27.1 Å². The van der Waals surface area contributed by atoms with Crippen molar-refractivity contribution in [3.63, 3.8) is 0 Å². The summed E-state index contributed by atoms with van der Waals surface area (Å²) in [4.78, 5) is 24.2. The second-order valence-corrected chi connectivity index (χ2v) is 8.42. The Morgan fingerprint density at radius 3 is 2.79 bits per heavy atom. The molecule has 3 N–H and O–H groups in total. The first kappa shape index (κ1) is 24.9. The van der Waals surface area contributed by atoms with Crippen molar-refractivity contribution in [2.45, 2.75) is 31.9 Å². The third-order valence-corrected chi connectivity index (χ3v) is 6.48. The highest BCUT2D eigenvalue weighted by molar-refractivity contribution is 8.13. The first-order valence-electron chi connectivity index (χ1n) is 9.71. The second-order valence-electron chi connectivity index (χ2n) is 7.38. The van der Waals surface area contributed by atoms with Crippen molar-refractivity contribution in [1.82, 2.24) is 9.97 Å². The molecule has 2 aliphatic rings. The van der Waals surface area contributed by atoms with Crippen molar-refractivity contribution in [2.75, 3.05) is 24.4 Å². The van der Waals surface area contributed by atoms with Gasteiger partial charge in [0.05, 0.1) is 24.0 Å². The van der Waals surface area contributed by atoms with E-state index in [1.807, 2.05) is 0 Å². The number of aromatic nitrogens is 2. The number of carbonyl (C=O) groups excluding carboxylic acids is 1. The minimum Gasteiger partial charge on any atom is -0.379 e. The third kappa shape index (κ3) is 4.81. The van der Waals surface area contributed by atoms with Gasteiger partial charge in [0.15, 0.2) is 5.17 Å². The zero-order chi connectivity index (χ0) is 22.9. The molecule has 1 amide bonds. The predicted molar refractivity (Wildman–Crippen MR) is 118 cm³/mol. The van der Waals surface area contributed by atoms with Crippen LogP contribution in [0.25, 0.3) is 0 Å². The van der Waals surface area contributed by atoms with Gasteiger partial charge < -0.3 is 15.8 Å². The predicted octanol–water partition coefficient (Wildman–Crippen LogP) is 4.07. The van der Waals surface area contributed by atoms with Crippen LogP contribution in [0.3, 0.4) is 0 Å². The maximum absolute atomic E-state index is 15.0. The fourth-order valence-corrected chi connectivity index (χ4v) is 5.08. The number of fused-ring (bicyclic) bond motifs is 1. The van der Waals surface area contributed by atoms with Crippen LogP contribution in [0.1, 0.15) is 42.0 Å². The quantitative estimate of drug-likeness (QED) is 0.619. The molecule has 1 fully saturated rings. The minimum absolute atomic E-state index is 0. The van der Waals surface area contributed by atoms with Gasteiger partial charge >= 0.3 is 0 Å². The van der Waals surface area contributed by atoms with Crippen LogP contribution in [0.5, 0.6) is 0 Å². The van der Waals surface area contributed by atoms with Crippen LogP contribution in [0.2, 0.25) is 0 Å². The molecule has 1 aromatic carbocycles. The minimum atomic E-state index is -2.80. The molecule has 0 aliphatic carbocycles. The number of hydrogen-bond acceptors (Lipinski definition) is 7. The lowest BCUT2D eigenvalue weighted by Crippen LogP contribution is -2.52. The van der Waals surface area contributed by atoms with Crippen LogP contribution in [0.4, 0.5) is 23.2 Å². The van der Waals surface area contributed by atoms with Crippen LogP contribution in [0.15, 0.2) is 35.6 Å². The number of thioether (sulfide) groups is 1. The van der Waals surface area contributed by atoms with Gasteiger partial charge in [-0.05, 0) is 18.2 Å². The maximum Gasteiger partial charge on any atom is 0.281 e. The number of alkyl halides is 3. The molecule has 7 nitrogen and oxygen atoms in total. The van der Waals surface area contributed by atoms with E-state index in [4.69, 9.17) is 10.5 Å². The standard InChI is InChI=1S/C20H19F4N5O2S.CH4/c21-6-16-12-9-32-19(25)29-20(12,3-4-31-16)11-5-10(1-2-13(11)22)28-18(30)15-8-26-14(7-27-15)17(23)24;/h1-2,5,7-8,12,16-17H,3-4,6,9H2,(H2,25,29)(H,28,30);1H4/t12-,16-,20-;/m1./s1. The molecule has 2 aliphatic heterocycles. The zero-order valence-electron chi connectivity index (χ0n) is 16.6. The lowest BCUT2D eigenvalue weighted by molar-refractivity contribution is -0.0714. The van der Waals surface area contributed by atoms with Crippen molar-refractivity contribution in [2.24, 2.45) is 16.6 Å². The Labute approximate surface area is 192 Å². The van der Waals surface area contributed by atoms with Gasteiger partial charge in [0.25, 0.3) is 12.3 Å². The molecule has 0 saturated carbocycles. The van der Waals surface area contributed by atoms with E-state index in [1.54, 1.807) is 0 Å². The van der Waals surface area contributed by atoms with E-state index in [1.165, 1.54) is 30.0 Å². The Morgan fingerprint density at radius 1 is 1.33 bits per heavy atom. The number of benzene rings is 1. The molecule has 1 saturated heterocycles. The SMILES string of the molecule is C.NC1=N[C@@]2(c3cc(NC(=O)c4cnc(C(F)F)cn4)ccc3F)CCO[C@H](CF)[C@H]2CS1. The lowest BCUT2D eigenvalue weighted by Gasteiger charge is -2.47. The van der Waals surface area contributed by atoms with Crippen LogP contribution in [0, 0.1) is 11.7 Å². The molecule has 2 aromatic rings. The number of ether oxygens (including phenoxy) is 1. The average Bonchev–Trinajstić information content (AvgIpc) is 2.79. The molecule has 3 heterocycles. The van der Waals surface area contributed by atoms with Crippen LogP contribution < -0.4 is 11.1 Å². The molecule has 3 atom stereocenters. The zero-order valence-corrected chi connectivity index (χ0v) is 17.4. The summed E-state index contributed by atoms with van der Waals surface area (Å²) in [5, 5.41) is 2.82. The highest BCUT2D eigenvalue weighted by Crippen LogP contribution is 2.48. The third-order valence-electron chi connectivity index (χ3n) is 5.57. The number of amides is 1. The molecule has 0 bridgehead atoms. The van der Waals surface area contributed by atoms with Gasteiger partial charge in [-0.1, -0.05) is 19.2 Å². The van der Waals surface area contributed by atoms with Crippen molar-refractivity contribution in [3.05, 3.63) is 53.4 Å². The van der Waals surface area contributed by atoms with Gasteiger partial charge in [-0.2, -0.15) is 0 Å². The molecule has 0 unspecified atom stereocenters. The molecule has 12 heteroatoms. The van der Waals surface area contributed by atoms with E-state index in [9.17, 15) is 18.0 Å². The number of halogens is 4. The summed E-state index contributed by atoms with van der Waals surface area (Å²) in [6.07, 6.45) is -1.51. The van der Waals surface area contributed by atoms with Crippen LogP contribution >= 0.6 is 11.8 Å². The summed E-state index contributed by atoms with van der Waals surface area (Å²) < 4.78 is 59.4. The summed E-state index contributed by atoms with van der Waals surface area (Å²) in [6, 6.07) is 3.95. The first-order valence-corrected chi connectivity index (χ1v) is 10.7. The molecular formula is C21H23F4N5O2S. The summed E-state index contributed by atoms with van der Waals surface area (Å²) in [6.45, 7) is -0.567. The van der Waals surface area contributed by atoms with E-state index in [-0.39, 0.29) is 36.1 Å². The normalized spacial score (nSPS) is 24.5. The van der Waals surface area contributed by atoms with E-state index < -0.39 is 48.1 Å². The molecule has 0 spiro atoms. The smallest absolute Gasteiger partial charge is 0.281 e. The van der Waals surface area contributed by atoms with Gasteiger partial charge in [-0.3, -0.25) is 14.8 Å². The molecule has 1 aromatic heterocycles. The number of nitrogens with one attached hydrogen (secondary N) is 1. The van der Waals surface area contributed by atoms with Crippen molar-refractivity contribution in [3.8, 4) is 0 Å². The van der Waals surface area contributed by atoms with Gasteiger partial charge in [0.2, 0.25) is 0 Å². The Hall–Kier alpha value is -2.73. The van der Waals surface area contributed by atoms with E-state index in [2.05, 4.69) is 20.3 Å². The number of anilines is 1. The van der Waals surface area contributed by atoms with Crippen molar-refractivity contribution in [1.29, 1.82) is 0 Å². The van der Waals surface area contributed by atoms with Gasteiger partial charge in [0.1, 0.15) is 23.9 Å². The van der Waals surface area contributed by atoms with Crippen molar-refractivity contribution >= 4 is 28.5 Å². The number of carbonyl (C=O) groups is 1. The van der Waals surface area contributed by atoms with Gasteiger partial charge in [-0.25, -0.2) is 22.5 Å². The van der Waals surface area contributed by atoms with E-state index in [0.717, 1.165) is 12.4 Å². The highest BCUT2D eigenvalue weighted by Gasteiger charge is 2.51. The molecular weight excluding hydrogens is 462 g/mol. The average molecular weight is 486 g/mol. The summed E-state index contributed by atoms with van der Waals surface area (Å²) in [7, 11) is 0. The number of amidine groups is 1. The number of rotatable bonds is 5. The first-order chi connectivity index (χ1) is 15.3. The fraction of sp³-hybridized carbons (Fsp3) is 0.429. The maximum atomic E-state index is 15.0. The number of nitrogens with two attached hydrogens (primary N) is 1. The summed E-state index contributed by atoms with van der Waals surface area (Å²) >= 11 is 1.26. The second kappa shape index (κ2) is 10.0. The van der Waals surface area contributed by atoms with Crippen LogP contribution in [-0.2, 0) is 10.3 Å². The Kier molecular flexibility index (Phi) is 7.58. The van der Waals surface area contributed by atoms with Crippen LogP contribution in [-0.4, -0.2) is 46.2 Å². The molecule has 178 valence electrons. The lowest BCUT2D eigenvalue weighted by atomic mass is 9.72. The Bertz CT molecular complexity index is 1040. The molecule has 0 radical (unpaired) electrons. The van der Waals surface area contributed by atoms with E-state index in [0.29, 0.717) is 12.2 Å². The topological polar surface area (TPSA) is 102 Å².